The highest BCUT2D eigenvalue weighted by molar-refractivity contribution is 6.00. The lowest BCUT2D eigenvalue weighted by atomic mass is 9.74. The first-order valence-corrected chi connectivity index (χ1v) is 16.5. The fourth-order valence-corrected chi connectivity index (χ4v) is 8.06. The molecule has 1 aromatic rings. The first-order valence-electron chi connectivity index (χ1n) is 16.5. The van der Waals surface area contributed by atoms with Crippen LogP contribution in [0.2, 0.25) is 0 Å². The summed E-state index contributed by atoms with van der Waals surface area (Å²) in [6, 6.07) is 6.99. The topological polar surface area (TPSA) is 125 Å². The maximum Gasteiger partial charge on any atom is 0.306 e. The van der Waals surface area contributed by atoms with Gasteiger partial charge in [-0.25, -0.2) is 0 Å². The Morgan fingerprint density at radius 1 is 1.02 bits per heavy atom. The normalized spacial score (nSPS) is 34.2. The second-order valence-electron chi connectivity index (χ2n) is 13.4. The van der Waals surface area contributed by atoms with E-state index in [1.807, 2.05) is 67.3 Å². The molecule has 10 nitrogen and oxygen atoms in total. The van der Waals surface area contributed by atoms with Crippen LogP contribution in [0.5, 0.6) is 0 Å². The Bertz CT molecular complexity index is 1340. The largest absolute Gasteiger partial charge is 0.463 e. The van der Waals surface area contributed by atoms with Crippen LogP contribution in [0, 0.1) is 17.8 Å². The first kappa shape index (κ1) is 31.5. The second kappa shape index (κ2) is 13.1. The fraction of sp³-hybridized carbons (Fsp3) is 0.600. The molecule has 5 bridgehead atoms. The third-order valence-corrected chi connectivity index (χ3v) is 10.4. The molecule has 0 aromatic heterocycles. The van der Waals surface area contributed by atoms with E-state index in [1.165, 1.54) is 0 Å². The lowest BCUT2D eigenvalue weighted by Gasteiger charge is -2.42. The number of nitrogens with zero attached hydrogens (tertiary/aromatic N) is 2. The number of hydrogen-bond acceptors (Lipinski definition) is 7. The Balaban J connectivity index is 1.43. The van der Waals surface area contributed by atoms with E-state index < -0.39 is 47.6 Å². The molecule has 45 heavy (non-hydrogen) atoms. The molecule has 5 aliphatic rings. The van der Waals surface area contributed by atoms with Crippen molar-refractivity contribution in [2.45, 2.75) is 94.7 Å². The number of rotatable bonds is 5. The van der Waals surface area contributed by atoms with E-state index in [2.05, 4.69) is 5.32 Å². The quantitative estimate of drug-likeness (QED) is 0.383. The third kappa shape index (κ3) is 5.71. The number of benzene rings is 1. The number of esters is 1. The third-order valence-electron chi connectivity index (χ3n) is 10.4. The van der Waals surface area contributed by atoms with E-state index in [-0.39, 0.29) is 49.4 Å². The van der Waals surface area contributed by atoms with Crippen molar-refractivity contribution in [1.82, 2.24) is 15.1 Å². The monoisotopic (exact) mass is 619 g/mol. The SMILES string of the molecule is CC(C)[C@H](CO)N1C(=O)[C@@H]2[C@H]3C(=O)N[C@@H](c4ccccc4)COC(=O)CC/C=C\CN(C4CCCCC4)C(=O)[C@@H]1[C@]21C=C[C@H]3O1. The second-order valence-corrected chi connectivity index (χ2v) is 13.4. The first-order chi connectivity index (χ1) is 21.8. The van der Waals surface area contributed by atoms with Gasteiger partial charge in [-0.15, -0.1) is 0 Å². The number of nitrogens with one attached hydrogen (secondary N) is 1. The number of carbonyl (C=O) groups excluding carboxylic acids is 4. The summed E-state index contributed by atoms with van der Waals surface area (Å²) in [5, 5.41) is 13.6. The summed E-state index contributed by atoms with van der Waals surface area (Å²) >= 11 is 0. The molecule has 3 fully saturated rings. The predicted molar refractivity (Wildman–Crippen MR) is 165 cm³/mol. The zero-order valence-corrected chi connectivity index (χ0v) is 26.2. The van der Waals surface area contributed by atoms with Gasteiger partial charge in [0, 0.05) is 19.0 Å². The lowest BCUT2D eigenvalue weighted by molar-refractivity contribution is -0.153. The number of ether oxygens (including phenoxy) is 2. The van der Waals surface area contributed by atoms with Crippen LogP contribution in [0.15, 0.2) is 54.6 Å². The number of aliphatic hydroxyl groups is 1. The Hall–Kier alpha value is -3.50. The van der Waals surface area contributed by atoms with Crippen LogP contribution < -0.4 is 5.32 Å². The van der Waals surface area contributed by atoms with Crippen molar-refractivity contribution in [2.24, 2.45) is 17.8 Å². The van der Waals surface area contributed by atoms with Crippen molar-refractivity contribution in [2.75, 3.05) is 19.8 Å². The van der Waals surface area contributed by atoms with Crippen molar-refractivity contribution in [3.63, 3.8) is 0 Å². The molecule has 3 amide bonds. The number of fused-ring (bicyclic) bond motifs is 2. The molecule has 2 N–H and O–H groups in total. The Morgan fingerprint density at radius 2 is 1.78 bits per heavy atom. The van der Waals surface area contributed by atoms with Crippen molar-refractivity contribution in [3.05, 3.63) is 60.2 Å². The summed E-state index contributed by atoms with van der Waals surface area (Å²) in [6.07, 6.45) is 12.2. The van der Waals surface area contributed by atoms with E-state index in [9.17, 15) is 24.3 Å². The number of carbonyl (C=O) groups is 4. The van der Waals surface area contributed by atoms with Crippen LogP contribution in [0.4, 0.5) is 0 Å². The average molecular weight is 620 g/mol. The minimum atomic E-state index is -1.33. The maximum absolute atomic E-state index is 14.9. The van der Waals surface area contributed by atoms with Gasteiger partial charge in [-0.3, -0.25) is 19.2 Å². The highest BCUT2D eigenvalue weighted by Gasteiger charge is 2.74. The molecule has 0 unspecified atom stereocenters. The van der Waals surface area contributed by atoms with Crippen LogP contribution in [0.25, 0.3) is 0 Å². The van der Waals surface area contributed by atoms with Gasteiger partial charge in [0.25, 0.3) is 0 Å². The molecule has 7 atom stereocenters. The highest BCUT2D eigenvalue weighted by Crippen LogP contribution is 2.56. The number of hydrogen-bond donors (Lipinski definition) is 2. The summed E-state index contributed by atoms with van der Waals surface area (Å²) in [4.78, 5) is 59.8. The van der Waals surface area contributed by atoms with Gasteiger partial charge in [-0.2, -0.15) is 0 Å². The van der Waals surface area contributed by atoms with Gasteiger partial charge < -0.3 is 29.7 Å². The van der Waals surface area contributed by atoms with Gasteiger partial charge in [0.1, 0.15) is 18.2 Å². The summed E-state index contributed by atoms with van der Waals surface area (Å²) < 4.78 is 12.2. The number of allylic oxidation sites excluding steroid dienone is 1. The summed E-state index contributed by atoms with van der Waals surface area (Å²) in [5.41, 5.74) is -0.566. The van der Waals surface area contributed by atoms with Crippen molar-refractivity contribution < 1.29 is 33.8 Å². The molecule has 1 aromatic carbocycles. The predicted octanol–water partition coefficient (Wildman–Crippen LogP) is 3.07. The molecule has 1 saturated carbocycles. The van der Waals surface area contributed by atoms with E-state index in [0.717, 1.165) is 37.7 Å². The van der Waals surface area contributed by atoms with Crippen LogP contribution in [-0.4, -0.2) is 88.2 Å². The molecule has 10 heteroatoms. The number of cyclic esters (lactones) is 1. The molecule has 1 spiro atoms. The van der Waals surface area contributed by atoms with Crippen LogP contribution >= 0.6 is 0 Å². The van der Waals surface area contributed by atoms with E-state index in [4.69, 9.17) is 9.47 Å². The molecule has 4 aliphatic heterocycles. The molecular weight excluding hydrogens is 574 g/mol. The van der Waals surface area contributed by atoms with Crippen LogP contribution in [0.1, 0.15) is 70.4 Å². The molecule has 4 heterocycles. The zero-order chi connectivity index (χ0) is 31.7. The van der Waals surface area contributed by atoms with E-state index in [0.29, 0.717) is 13.0 Å². The van der Waals surface area contributed by atoms with Gasteiger partial charge in [-0.1, -0.05) is 87.7 Å². The van der Waals surface area contributed by atoms with Crippen molar-refractivity contribution in [1.29, 1.82) is 0 Å². The standard InChI is InChI=1S/C35H45N3O7/c1-22(2)26(20-39)38-31-34(43)37(24-14-8-4-9-15-24)19-11-5-10-16-28(40)44-21-25(23-12-6-3-7-13-23)36-32(41)29-27-17-18-35(31,45-27)30(29)33(38)42/h3,5-7,11-13,17-18,22,24-27,29-31,39H,4,8-10,14-16,19-21H2,1-2H3,(H,36,41)/b11-5-/t25-,26+,27-,29+,30+,31-,35+/m1/s1. The van der Waals surface area contributed by atoms with Crippen LogP contribution in [-0.2, 0) is 28.7 Å². The van der Waals surface area contributed by atoms with E-state index in [1.54, 1.807) is 11.0 Å². The summed E-state index contributed by atoms with van der Waals surface area (Å²) in [5.74, 6) is -3.32. The number of amides is 3. The molecule has 0 radical (unpaired) electrons. The van der Waals surface area contributed by atoms with Gasteiger partial charge in [0.2, 0.25) is 17.7 Å². The Labute approximate surface area is 264 Å². The number of aliphatic hydroxyl groups excluding tert-OH is 1. The highest BCUT2D eigenvalue weighted by atomic mass is 16.5. The zero-order valence-electron chi connectivity index (χ0n) is 26.2. The molecular formula is C35H45N3O7. The molecule has 242 valence electrons. The molecule has 6 rings (SSSR count). The number of likely N-dealkylation sites (tertiary alicyclic amines) is 1. The minimum Gasteiger partial charge on any atom is -0.463 e. The minimum absolute atomic E-state index is 0.00436. The van der Waals surface area contributed by atoms with Crippen molar-refractivity contribution >= 4 is 23.7 Å². The summed E-state index contributed by atoms with van der Waals surface area (Å²) in [6.45, 7) is 3.80. The van der Waals surface area contributed by atoms with Gasteiger partial charge in [0.05, 0.1) is 36.6 Å². The Kier molecular flexibility index (Phi) is 9.15. The fourth-order valence-electron chi connectivity index (χ4n) is 8.06. The van der Waals surface area contributed by atoms with Gasteiger partial charge in [-0.05, 0) is 30.7 Å². The lowest BCUT2D eigenvalue weighted by Crippen LogP contribution is -2.61. The van der Waals surface area contributed by atoms with Crippen molar-refractivity contribution in [3.8, 4) is 0 Å². The maximum atomic E-state index is 14.9. The molecule has 2 saturated heterocycles. The van der Waals surface area contributed by atoms with Gasteiger partial charge >= 0.3 is 5.97 Å². The molecule has 1 aliphatic carbocycles. The van der Waals surface area contributed by atoms with Crippen LogP contribution in [0.3, 0.4) is 0 Å². The Morgan fingerprint density at radius 3 is 2.49 bits per heavy atom. The van der Waals surface area contributed by atoms with E-state index >= 15 is 0 Å². The van der Waals surface area contributed by atoms with Gasteiger partial charge in [0.15, 0.2) is 0 Å². The average Bonchev–Trinajstić information content (AvgIpc) is 3.69. The smallest absolute Gasteiger partial charge is 0.306 e. The summed E-state index contributed by atoms with van der Waals surface area (Å²) in [7, 11) is 0.